The molecule has 1 N–H and O–H groups in total. The van der Waals surface area contributed by atoms with Gasteiger partial charge in [0, 0.05) is 16.4 Å². The topological polar surface area (TPSA) is 112 Å². The van der Waals surface area contributed by atoms with Gasteiger partial charge in [-0.3, -0.25) is 4.79 Å². The van der Waals surface area contributed by atoms with Gasteiger partial charge in [0.1, 0.15) is 11.3 Å². The summed E-state index contributed by atoms with van der Waals surface area (Å²) < 4.78 is 77.6. The highest BCUT2D eigenvalue weighted by Gasteiger charge is 2.28. The highest BCUT2D eigenvalue weighted by molar-refractivity contribution is 7.95. The number of carbonyl (C=O) groups excluding carboxylic acids is 1. The fourth-order valence-electron chi connectivity index (χ4n) is 1.68. The Labute approximate surface area is 139 Å². The molecular formula is C13H12F4N4O3S. The smallest absolute Gasteiger partial charge is 0.257 e. The zero-order chi connectivity index (χ0) is 19.4. The molecule has 0 saturated carbocycles. The molecule has 25 heavy (non-hydrogen) atoms. The summed E-state index contributed by atoms with van der Waals surface area (Å²) in [6, 6.07) is 0. The van der Waals surface area contributed by atoms with Crippen LogP contribution in [0.3, 0.4) is 0 Å². The Bertz CT molecular complexity index is 851. The van der Waals surface area contributed by atoms with Crippen LogP contribution in [-0.4, -0.2) is 26.6 Å². The predicted molar refractivity (Wildman–Crippen MR) is 80.6 cm³/mol. The van der Waals surface area contributed by atoms with Crippen LogP contribution in [0.4, 0.5) is 23.2 Å². The summed E-state index contributed by atoms with van der Waals surface area (Å²) in [5.41, 5.74) is 5.04. The van der Waals surface area contributed by atoms with Gasteiger partial charge in [0.25, 0.3) is 5.91 Å². The molecule has 1 rings (SSSR count). The first-order chi connectivity index (χ1) is 11.5. The molecule has 0 saturated heterocycles. The number of rotatable bonds is 7. The number of nitrogens with zero attached hydrogens (tertiary/aromatic N) is 3. The SMILES string of the molecule is C=C(C)S(=O)(=O)CCCNC(=O)c1c(F)c(F)c(N=[N+]=[N-])c(F)c1F. The Hall–Kier alpha value is -2.59. The first-order valence-electron chi connectivity index (χ1n) is 6.62. The van der Waals surface area contributed by atoms with Crippen molar-refractivity contribution in [2.45, 2.75) is 13.3 Å². The van der Waals surface area contributed by atoms with Crippen molar-refractivity contribution in [3.8, 4) is 0 Å². The second-order valence-electron chi connectivity index (χ2n) is 4.80. The lowest BCUT2D eigenvalue weighted by Gasteiger charge is -2.10. The lowest BCUT2D eigenvalue weighted by atomic mass is 10.1. The molecule has 1 aromatic carbocycles. The van der Waals surface area contributed by atoms with Gasteiger partial charge in [0.15, 0.2) is 33.1 Å². The van der Waals surface area contributed by atoms with E-state index in [9.17, 15) is 30.8 Å². The average Bonchev–Trinajstić information content (AvgIpc) is 2.54. The van der Waals surface area contributed by atoms with Crippen LogP contribution >= 0.6 is 0 Å². The molecule has 0 bridgehead atoms. The van der Waals surface area contributed by atoms with Crippen LogP contribution in [0.2, 0.25) is 0 Å². The van der Waals surface area contributed by atoms with Crippen LogP contribution in [-0.2, 0) is 9.84 Å². The Morgan fingerprint density at radius 3 is 2.16 bits per heavy atom. The van der Waals surface area contributed by atoms with Crippen molar-refractivity contribution in [3.63, 3.8) is 0 Å². The minimum Gasteiger partial charge on any atom is -0.352 e. The molecule has 1 amide bonds. The first-order valence-corrected chi connectivity index (χ1v) is 8.27. The summed E-state index contributed by atoms with van der Waals surface area (Å²) in [6.45, 7) is 4.21. The van der Waals surface area contributed by atoms with Crippen molar-refractivity contribution in [1.29, 1.82) is 0 Å². The van der Waals surface area contributed by atoms with Gasteiger partial charge in [-0.05, 0) is 18.9 Å². The number of hydrogen-bond acceptors (Lipinski definition) is 4. The summed E-state index contributed by atoms with van der Waals surface area (Å²) in [5, 5.41) is 4.44. The van der Waals surface area contributed by atoms with E-state index < -0.39 is 50.3 Å². The number of carbonyl (C=O) groups is 1. The normalized spacial score (nSPS) is 10.9. The van der Waals surface area contributed by atoms with Crippen molar-refractivity contribution in [2.24, 2.45) is 5.11 Å². The van der Waals surface area contributed by atoms with E-state index in [1.807, 2.05) is 10.2 Å². The highest BCUT2D eigenvalue weighted by atomic mass is 32.2. The maximum Gasteiger partial charge on any atom is 0.257 e. The van der Waals surface area contributed by atoms with E-state index in [0.717, 1.165) is 0 Å². The molecule has 12 heteroatoms. The van der Waals surface area contributed by atoms with Gasteiger partial charge >= 0.3 is 0 Å². The quantitative estimate of drug-likeness (QED) is 0.196. The molecular weight excluding hydrogens is 368 g/mol. The summed E-state index contributed by atoms with van der Waals surface area (Å²) in [5.74, 6) is -9.99. The van der Waals surface area contributed by atoms with Crippen molar-refractivity contribution in [1.82, 2.24) is 5.32 Å². The number of halogens is 4. The predicted octanol–water partition coefficient (Wildman–Crippen LogP) is 3.25. The largest absolute Gasteiger partial charge is 0.352 e. The highest BCUT2D eigenvalue weighted by Crippen LogP contribution is 2.30. The van der Waals surface area contributed by atoms with Gasteiger partial charge < -0.3 is 5.32 Å². The van der Waals surface area contributed by atoms with Gasteiger partial charge in [0.2, 0.25) is 0 Å². The van der Waals surface area contributed by atoms with Gasteiger partial charge in [-0.15, -0.1) is 0 Å². The molecule has 0 aromatic heterocycles. The third kappa shape index (κ3) is 4.48. The second-order valence-corrected chi connectivity index (χ2v) is 7.13. The van der Waals surface area contributed by atoms with Crippen LogP contribution in [0.1, 0.15) is 23.7 Å². The molecule has 136 valence electrons. The summed E-state index contributed by atoms with van der Waals surface area (Å²) in [6.07, 6.45) is -0.119. The minimum atomic E-state index is -3.56. The maximum atomic E-state index is 13.7. The maximum absolute atomic E-state index is 13.7. The number of benzene rings is 1. The average molecular weight is 380 g/mol. The number of amides is 1. The van der Waals surface area contributed by atoms with E-state index in [1.165, 1.54) is 6.92 Å². The van der Waals surface area contributed by atoms with E-state index in [0.29, 0.717) is 0 Å². The lowest BCUT2D eigenvalue weighted by Crippen LogP contribution is -2.28. The fraction of sp³-hybridized carbons (Fsp3) is 0.308. The van der Waals surface area contributed by atoms with Crippen LogP contribution in [0.5, 0.6) is 0 Å². The molecule has 0 unspecified atom stereocenters. The standard InChI is InChI=1S/C13H12F4N4O3S/c1-6(2)25(23,24)5-3-4-19-13(22)7-8(14)10(16)12(20-21-18)11(17)9(7)15/h1,3-5H2,2H3,(H,19,22). The van der Waals surface area contributed by atoms with Crippen LogP contribution in [0.15, 0.2) is 16.6 Å². The zero-order valence-electron chi connectivity index (χ0n) is 12.8. The molecule has 0 radical (unpaired) electrons. The Morgan fingerprint density at radius 1 is 1.20 bits per heavy atom. The van der Waals surface area contributed by atoms with Crippen molar-refractivity contribution in [2.75, 3.05) is 12.3 Å². The fourth-order valence-corrected chi connectivity index (χ4v) is 2.55. The monoisotopic (exact) mass is 380 g/mol. The molecule has 0 aliphatic heterocycles. The second kappa shape index (κ2) is 7.99. The Balaban J connectivity index is 2.97. The third-order valence-corrected chi connectivity index (χ3v) is 4.91. The zero-order valence-corrected chi connectivity index (χ0v) is 13.6. The van der Waals surface area contributed by atoms with E-state index in [-0.39, 0.29) is 23.6 Å². The number of allylic oxidation sites excluding steroid dienone is 1. The van der Waals surface area contributed by atoms with Gasteiger partial charge in [-0.25, -0.2) is 26.0 Å². The van der Waals surface area contributed by atoms with Crippen molar-refractivity contribution in [3.05, 3.63) is 50.8 Å². The molecule has 0 atom stereocenters. The number of azide groups is 1. The van der Waals surface area contributed by atoms with Gasteiger partial charge in [-0.1, -0.05) is 11.7 Å². The third-order valence-electron chi connectivity index (χ3n) is 3.02. The number of nitrogens with one attached hydrogen (secondary N) is 1. The van der Waals surface area contributed by atoms with Crippen molar-refractivity contribution < 1.29 is 30.8 Å². The summed E-state index contributed by atoms with van der Waals surface area (Å²) in [7, 11) is -3.56. The molecule has 0 aliphatic carbocycles. The van der Waals surface area contributed by atoms with Crippen LogP contribution in [0.25, 0.3) is 10.4 Å². The Kier molecular flexibility index (Phi) is 6.54. The van der Waals surface area contributed by atoms with Crippen LogP contribution in [0, 0.1) is 23.3 Å². The van der Waals surface area contributed by atoms with E-state index >= 15 is 0 Å². The first kappa shape index (κ1) is 20.5. The molecule has 0 aliphatic rings. The number of hydrogen-bond donors (Lipinski definition) is 1. The number of sulfone groups is 1. The Morgan fingerprint density at radius 2 is 1.72 bits per heavy atom. The van der Waals surface area contributed by atoms with E-state index in [2.05, 4.69) is 11.7 Å². The molecule has 0 fully saturated rings. The molecule has 7 nitrogen and oxygen atoms in total. The molecule has 1 aromatic rings. The van der Waals surface area contributed by atoms with Gasteiger partial charge in [0.05, 0.1) is 5.75 Å². The summed E-state index contributed by atoms with van der Waals surface area (Å²) in [4.78, 5) is 13.7. The van der Waals surface area contributed by atoms with E-state index in [1.54, 1.807) is 0 Å². The molecule has 0 spiro atoms. The van der Waals surface area contributed by atoms with Crippen LogP contribution < -0.4 is 5.32 Å². The lowest BCUT2D eigenvalue weighted by molar-refractivity contribution is 0.0943. The summed E-state index contributed by atoms with van der Waals surface area (Å²) >= 11 is 0. The van der Waals surface area contributed by atoms with E-state index in [4.69, 9.17) is 5.53 Å². The molecule has 0 heterocycles. The minimum absolute atomic E-state index is 0.0892. The van der Waals surface area contributed by atoms with Gasteiger partial charge in [-0.2, -0.15) is 0 Å². The van der Waals surface area contributed by atoms with Crippen molar-refractivity contribution >= 4 is 21.4 Å².